The van der Waals surface area contributed by atoms with Gasteiger partial charge in [-0.15, -0.1) is 11.6 Å². The molecule has 0 radical (unpaired) electrons. The second-order valence-electron chi connectivity index (χ2n) is 3.01. The molecule has 0 fully saturated rings. The quantitative estimate of drug-likeness (QED) is 0.494. The summed E-state index contributed by atoms with van der Waals surface area (Å²) in [5, 5.41) is 0. The summed E-state index contributed by atoms with van der Waals surface area (Å²) in [6.07, 6.45) is -2.66. The first-order valence-corrected chi connectivity index (χ1v) is 4.86. The minimum atomic E-state index is -2.71. The molecule has 1 aromatic rings. The van der Waals surface area contributed by atoms with Crippen LogP contribution >= 0.6 is 11.6 Å². The number of nitrogens with two attached hydrogens (primary N) is 1. The number of hydrogen-bond donors (Lipinski definition) is 1. The second-order valence-corrected chi connectivity index (χ2v) is 3.39. The number of halogens is 3. The zero-order chi connectivity index (χ0) is 11.4. The first kappa shape index (κ1) is 11.9. The molecule has 0 saturated carbocycles. The molecule has 82 valence electrons. The van der Waals surface area contributed by atoms with Gasteiger partial charge in [0.1, 0.15) is 0 Å². The van der Waals surface area contributed by atoms with Crippen molar-refractivity contribution in [3.8, 4) is 0 Å². The zero-order valence-electron chi connectivity index (χ0n) is 7.84. The molecule has 15 heavy (non-hydrogen) atoms. The van der Waals surface area contributed by atoms with E-state index < -0.39 is 6.43 Å². The van der Waals surface area contributed by atoms with E-state index in [4.69, 9.17) is 17.3 Å². The standard InChI is InChI=1S/C10H10ClF2NO/c11-4-3-9(15)7-2-1-6(14)5-8(7)10(12)13/h1-2,5,10H,3-4,14H2. The van der Waals surface area contributed by atoms with Gasteiger partial charge in [0.2, 0.25) is 0 Å². The average molecular weight is 234 g/mol. The van der Waals surface area contributed by atoms with Crippen LogP contribution in [-0.4, -0.2) is 11.7 Å². The van der Waals surface area contributed by atoms with Gasteiger partial charge >= 0.3 is 0 Å². The van der Waals surface area contributed by atoms with Crippen LogP contribution in [0.1, 0.15) is 28.8 Å². The lowest BCUT2D eigenvalue weighted by atomic mass is 10.0. The Hall–Kier alpha value is -1.16. The average Bonchev–Trinajstić information content (AvgIpc) is 2.17. The maximum absolute atomic E-state index is 12.6. The van der Waals surface area contributed by atoms with Gasteiger partial charge in [-0.25, -0.2) is 8.78 Å². The Morgan fingerprint density at radius 2 is 2.13 bits per heavy atom. The van der Waals surface area contributed by atoms with Crippen LogP contribution in [-0.2, 0) is 0 Å². The van der Waals surface area contributed by atoms with Crippen LogP contribution in [0.15, 0.2) is 18.2 Å². The van der Waals surface area contributed by atoms with Crippen molar-refractivity contribution in [2.24, 2.45) is 0 Å². The van der Waals surface area contributed by atoms with E-state index in [-0.39, 0.29) is 34.9 Å². The van der Waals surface area contributed by atoms with Gasteiger partial charge in [-0.1, -0.05) is 0 Å². The second kappa shape index (κ2) is 5.07. The minimum Gasteiger partial charge on any atom is -0.399 e. The number of nitrogen functional groups attached to an aromatic ring is 1. The molecular weight excluding hydrogens is 224 g/mol. The Balaban J connectivity index is 3.11. The summed E-state index contributed by atoms with van der Waals surface area (Å²) in [7, 11) is 0. The number of carbonyl (C=O) groups is 1. The number of carbonyl (C=O) groups excluding carboxylic acids is 1. The van der Waals surface area contributed by atoms with Gasteiger partial charge in [0, 0.05) is 29.1 Å². The molecule has 0 aromatic heterocycles. The lowest BCUT2D eigenvalue weighted by molar-refractivity contribution is 0.0975. The fraction of sp³-hybridized carbons (Fsp3) is 0.300. The third-order valence-corrected chi connectivity index (χ3v) is 2.12. The number of ketones is 1. The van der Waals surface area contributed by atoms with E-state index >= 15 is 0 Å². The molecule has 0 aliphatic carbocycles. The van der Waals surface area contributed by atoms with Crippen LogP contribution in [0, 0.1) is 0 Å². The van der Waals surface area contributed by atoms with Crippen molar-refractivity contribution in [3.63, 3.8) is 0 Å². The lowest BCUT2D eigenvalue weighted by Crippen LogP contribution is -2.05. The molecule has 0 aliphatic rings. The van der Waals surface area contributed by atoms with Crippen molar-refractivity contribution in [3.05, 3.63) is 29.3 Å². The molecule has 1 aromatic carbocycles. The number of Topliss-reactive ketones (excluding diaryl/α,β-unsaturated/α-hetero) is 1. The molecule has 1 rings (SSSR count). The van der Waals surface area contributed by atoms with Crippen molar-refractivity contribution in [2.45, 2.75) is 12.8 Å². The highest BCUT2D eigenvalue weighted by Crippen LogP contribution is 2.26. The maximum Gasteiger partial charge on any atom is 0.264 e. The van der Waals surface area contributed by atoms with Crippen molar-refractivity contribution in [1.29, 1.82) is 0 Å². The van der Waals surface area contributed by atoms with Crippen LogP contribution in [0.2, 0.25) is 0 Å². The predicted molar refractivity (Wildman–Crippen MR) is 55.5 cm³/mol. The number of anilines is 1. The highest BCUT2D eigenvalue weighted by Gasteiger charge is 2.17. The molecule has 0 saturated heterocycles. The summed E-state index contributed by atoms with van der Waals surface area (Å²) < 4.78 is 25.1. The molecule has 0 unspecified atom stereocenters. The van der Waals surface area contributed by atoms with E-state index in [1.807, 2.05) is 0 Å². The molecule has 0 atom stereocenters. The van der Waals surface area contributed by atoms with Gasteiger partial charge in [-0.05, 0) is 18.2 Å². The van der Waals surface area contributed by atoms with E-state index in [2.05, 4.69) is 0 Å². The monoisotopic (exact) mass is 233 g/mol. The van der Waals surface area contributed by atoms with Crippen LogP contribution in [0.5, 0.6) is 0 Å². The number of benzene rings is 1. The van der Waals surface area contributed by atoms with Gasteiger partial charge < -0.3 is 5.73 Å². The first-order valence-electron chi connectivity index (χ1n) is 4.33. The zero-order valence-corrected chi connectivity index (χ0v) is 8.60. The van der Waals surface area contributed by atoms with E-state index in [1.165, 1.54) is 12.1 Å². The molecule has 2 N–H and O–H groups in total. The highest BCUT2D eigenvalue weighted by molar-refractivity contribution is 6.19. The largest absolute Gasteiger partial charge is 0.399 e. The molecule has 0 aliphatic heterocycles. The van der Waals surface area contributed by atoms with Crippen LogP contribution in [0.25, 0.3) is 0 Å². The Kier molecular flexibility index (Phi) is 4.03. The van der Waals surface area contributed by atoms with Crippen LogP contribution < -0.4 is 5.73 Å². The summed E-state index contributed by atoms with van der Waals surface area (Å²) >= 11 is 5.38. The summed E-state index contributed by atoms with van der Waals surface area (Å²) in [5.74, 6) is -0.272. The minimum absolute atomic E-state index is 0.000139. The third kappa shape index (κ3) is 2.89. The topological polar surface area (TPSA) is 43.1 Å². The van der Waals surface area contributed by atoms with Gasteiger partial charge in [0.25, 0.3) is 6.43 Å². The van der Waals surface area contributed by atoms with Gasteiger partial charge in [-0.2, -0.15) is 0 Å². The number of hydrogen-bond acceptors (Lipinski definition) is 2. The smallest absolute Gasteiger partial charge is 0.264 e. The number of alkyl halides is 3. The SMILES string of the molecule is Nc1ccc(C(=O)CCCl)c(C(F)F)c1. The third-order valence-electron chi connectivity index (χ3n) is 1.93. The van der Waals surface area contributed by atoms with Gasteiger partial charge in [-0.3, -0.25) is 4.79 Å². The Morgan fingerprint density at radius 1 is 1.47 bits per heavy atom. The van der Waals surface area contributed by atoms with Crippen molar-refractivity contribution < 1.29 is 13.6 Å². The molecule has 0 spiro atoms. The molecule has 0 amide bonds. The predicted octanol–water partition coefficient (Wildman–Crippen LogP) is 3.02. The Bertz CT molecular complexity index is 368. The lowest BCUT2D eigenvalue weighted by Gasteiger charge is -2.08. The normalized spacial score (nSPS) is 10.7. The molecule has 2 nitrogen and oxygen atoms in total. The van der Waals surface area contributed by atoms with Crippen molar-refractivity contribution >= 4 is 23.1 Å². The summed E-state index contributed by atoms with van der Waals surface area (Å²) in [6, 6.07) is 3.85. The highest BCUT2D eigenvalue weighted by atomic mass is 35.5. The van der Waals surface area contributed by atoms with Crippen LogP contribution in [0.4, 0.5) is 14.5 Å². The van der Waals surface area contributed by atoms with Crippen LogP contribution in [0.3, 0.4) is 0 Å². The Morgan fingerprint density at radius 3 is 2.67 bits per heavy atom. The molecule has 0 bridgehead atoms. The van der Waals surface area contributed by atoms with Crippen molar-refractivity contribution in [2.75, 3.05) is 11.6 Å². The van der Waals surface area contributed by atoms with E-state index in [9.17, 15) is 13.6 Å². The maximum atomic E-state index is 12.6. The summed E-state index contributed by atoms with van der Waals surface area (Å²) in [5.41, 5.74) is 5.26. The number of rotatable bonds is 4. The molecule has 0 heterocycles. The summed E-state index contributed by atoms with van der Waals surface area (Å²) in [4.78, 5) is 11.4. The van der Waals surface area contributed by atoms with Gasteiger partial charge in [0.05, 0.1) is 0 Å². The molecular formula is C10H10ClF2NO. The molecule has 5 heteroatoms. The summed E-state index contributed by atoms with van der Waals surface area (Å²) in [6.45, 7) is 0. The van der Waals surface area contributed by atoms with E-state index in [0.717, 1.165) is 6.07 Å². The van der Waals surface area contributed by atoms with E-state index in [0.29, 0.717) is 0 Å². The fourth-order valence-electron chi connectivity index (χ4n) is 1.24. The fourth-order valence-corrected chi connectivity index (χ4v) is 1.41. The van der Waals surface area contributed by atoms with Crippen molar-refractivity contribution in [1.82, 2.24) is 0 Å². The Labute approximate surface area is 91.0 Å². The first-order chi connectivity index (χ1) is 7.06. The van der Waals surface area contributed by atoms with E-state index in [1.54, 1.807) is 0 Å². The van der Waals surface area contributed by atoms with Gasteiger partial charge in [0.15, 0.2) is 5.78 Å².